The Hall–Kier alpha value is -2.06. The number of benzene rings is 2. The van der Waals surface area contributed by atoms with Gasteiger partial charge in [0.05, 0.1) is 26.4 Å². The molecule has 6 nitrogen and oxygen atoms in total. The van der Waals surface area contributed by atoms with Crippen LogP contribution in [0.5, 0.6) is 0 Å². The normalized spacial score (nSPS) is 26.4. The Kier molecular flexibility index (Phi) is 9.01. The first kappa shape index (κ1) is 22.6. The molecule has 1 aliphatic rings. The SMILES string of the molecule is C=CCOC1[C@H](OC)OC(CO)[C@H](OCc2ccccc2)[C@@H]1OCc1ccccc1. The van der Waals surface area contributed by atoms with Crippen molar-refractivity contribution in [2.24, 2.45) is 0 Å². The van der Waals surface area contributed by atoms with Gasteiger partial charge >= 0.3 is 0 Å². The minimum atomic E-state index is -0.695. The maximum absolute atomic E-state index is 9.96. The Morgan fingerprint density at radius 2 is 1.43 bits per heavy atom. The van der Waals surface area contributed by atoms with Crippen molar-refractivity contribution in [1.82, 2.24) is 0 Å². The Morgan fingerprint density at radius 1 is 0.867 bits per heavy atom. The molecule has 0 saturated carbocycles. The van der Waals surface area contributed by atoms with Gasteiger partial charge in [0.1, 0.15) is 24.4 Å². The van der Waals surface area contributed by atoms with E-state index in [4.69, 9.17) is 23.7 Å². The molecular formula is C24H30O6. The maximum atomic E-state index is 9.96. The van der Waals surface area contributed by atoms with Crippen molar-refractivity contribution in [3.05, 3.63) is 84.4 Å². The van der Waals surface area contributed by atoms with Crippen LogP contribution in [0.3, 0.4) is 0 Å². The highest BCUT2D eigenvalue weighted by Crippen LogP contribution is 2.30. The van der Waals surface area contributed by atoms with E-state index in [2.05, 4.69) is 6.58 Å². The number of aliphatic hydroxyl groups is 1. The second-order valence-corrected chi connectivity index (χ2v) is 7.07. The van der Waals surface area contributed by atoms with E-state index in [9.17, 15) is 5.11 Å². The zero-order chi connectivity index (χ0) is 21.2. The first-order valence-corrected chi connectivity index (χ1v) is 10.1. The molecule has 30 heavy (non-hydrogen) atoms. The molecule has 162 valence electrons. The van der Waals surface area contributed by atoms with Crippen LogP contribution >= 0.6 is 0 Å². The van der Waals surface area contributed by atoms with Crippen LogP contribution in [0.4, 0.5) is 0 Å². The van der Waals surface area contributed by atoms with E-state index in [1.54, 1.807) is 13.2 Å². The fourth-order valence-corrected chi connectivity index (χ4v) is 3.49. The third-order valence-electron chi connectivity index (χ3n) is 4.98. The molecule has 0 aromatic heterocycles. The Bertz CT molecular complexity index is 738. The lowest BCUT2D eigenvalue weighted by Gasteiger charge is -2.45. The minimum Gasteiger partial charge on any atom is -0.394 e. The van der Waals surface area contributed by atoms with Crippen molar-refractivity contribution in [3.8, 4) is 0 Å². The number of hydrogen-bond donors (Lipinski definition) is 1. The van der Waals surface area contributed by atoms with Crippen molar-refractivity contribution in [2.75, 3.05) is 20.3 Å². The molecule has 2 aromatic carbocycles. The molecule has 0 radical (unpaired) electrons. The first-order valence-electron chi connectivity index (χ1n) is 10.1. The monoisotopic (exact) mass is 414 g/mol. The summed E-state index contributed by atoms with van der Waals surface area (Å²) in [7, 11) is 1.54. The summed E-state index contributed by atoms with van der Waals surface area (Å²) >= 11 is 0. The first-order chi connectivity index (χ1) is 14.8. The summed E-state index contributed by atoms with van der Waals surface area (Å²) in [6.45, 7) is 4.55. The van der Waals surface area contributed by atoms with Gasteiger partial charge in [-0.25, -0.2) is 0 Å². The molecule has 6 heteroatoms. The molecule has 1 N–H and O–H groups in total. The number of methoxy groups -OCH3 is 1. The van der Waals surface area contributed by atoms with Crippen molar-refractivity contribution in [2.45, 2.75) is 43.9 Å². The van der Waals surface area contributed by atoms with Crippen LogP contribution in [-0.4, -0.2) is 56.1 Å². The molecule has 1 fully saturated rings. The van der Waals surface area contributed by atoms with Crippen molar-refractivity contribution >= 4 is 0 Å². The van der Waals surface area contributed by atoms with Crippen molar-refractivity contribution < 1.29 is 28.8 Å². The third-order valence-corrected chi connectivity index (χ3v) is 4.98. The quantitative estimate of drug-likeness (QED) is 0.570. The third kappa shape index (κ3) is 5.98. The summed E-state index contributed by atoms with van der Waals surface area (Å²) in [4.78, 5) is 0. The Morgan fingerprint density at radius 3 is 1.93 bits per heavy atom. The maximum Gasteiger partial charge on any atom is 0.186 e. The molecule has 0 aliphatic carbocycles. The van der Waals surface area contributed by atoms with Crippen LogP contribution in [-0.2, 0) is 36.9 Å². The number of rotatable bonds is 11. The summed E-state index contributed by atoms with van der Waals surface area (Å²) in [6.07, 6.45) is -1.23. The molecule has 2 aromatic rings. The fraction of sp³-hybridized carbons (Fsp3) is 0.417. The van der Waals surface area contributed by atoms with Crippen LogP contribution in [0.2, 0.25) is 0 Å². The zero-order valence-corrected chi connectivity index (χ0v) is 17.3. The van der Waals surface area contributed by atoms with Crippen molar-refractivity contribution in [3.63, 3.8) is 0 Å². The number of hydrogen-bond acceptors (Lipinski definition) is 6. The van der Waals surface area contributed by atoms with Crippen LogP contribution in [0.1, 0.15) is 11.1 Å². The highest BCUT2D eigenvalue weighted by Gasteiger charge is 2.48. The Balaban J connectivity index is 1.81. The minimum absolute atomic E-state index is 0.224. The average Bonchev–Trinajstić information content (AvgIpc) is 2.81. The van der Waals surface area contributed by atoms with E-state index < -0.39 is 30.7 Å². The van der Waals surface area contributed by atoms with Crippen LogP contribution in [0.15, 0.2) is 73.3 Å². The lowest BCUT2D eigenvalue weighted by molar-refractivity contribution is -0.318. The molecule has 5 atom stereocenters. The van der Waals surface area contributed by atoms with Gasteiger partial charge in [0.2, 0.25) is 0 Å². The summed E-state index contributed by atoms with van der Waals surface area (Å²) in [5.74, 6) is 0. The Labute approximate surface area is 178 Å². The molecule has 3 rings (SSSR count). The van der Waals surface area contributed by atoms with Crippen LogP contribution in [0, 0.1) is 0 Å². The summed E-state index contributed by atoms with van der Waals surface area (Å²) in [6, 6.07) is 19.7. The highest BCUT2D eigenvalue weighted by molar-refractivity contribution is 5.14. The molecule has 2 unspecified atom stereocenters. The fourth-order valence-electron chi connectivity index (χ4n) is 3.49. The zero-order valence-electron chi connectivity index (χ0n) is 17.3. The average molecular weight is 414 g/mol. The predicted molar refractivity (Wildman–Crippen MR) is 113 cm³/mol. The van der Waals surface area contributed by atoms with E-state index in [1.165, 1.54) is 0 Å². The molecule has 0 bridgehead atoms. The van der Waals surface area contributed by atoms with E-state index in [-0.39, 0.29) is 6.61 Å². The number of aliphatic hydroxyl groups excluding tert-OH is 1. The smallest absolute Gasteiger partial charge is 0.186 e. The molecule has 0 amide bonds. The van der Waals surface area contributed by atoms with E-state index in [0.717, 1.165) is 11.1 Å². The van der Waals surface area contributed by atoms with Gasteiger partial charge in [-0.15, -0.1) is 6.58 Å². The molecular weight excluding hydrogens is 384 g/mol. The van der Waals surface area contributed by atoms with Crippen LogP contribution in [0.25, 0.3) is 0 Å². The topological polar surface area (TPSA) is 66.4 Å². The summed E-state index contributed by atoms with van der Waals surface area (Å²) in [5, 5.41) is 9.96. The van der Waals surface area contributed by atoms with E-state index in [0.29, 0.717) is 19.8 Å². The molecule has 1 saturated heterocycles. The van der Waals surface area contributed by atoms with Gasteiger partial charge in [-0.2, -0.15) is 0 Å². The van der Waals surface area contributed by atoms with Gasteiger partial charge in [-0.1, -0.05) is 66.7 Å². The lowest BCUT2D eigenvalue weighted by atomic mass is 9.98. The molecule has 0 spiro atoms. The second-order valence-electron chi connectivity index (χ2n) is 7.07. The standard InChI is InChI=1S/C24H30O6/c1-3-14-27-23-22(29-17-19-12-8-5-9-13-19)21(20(15-25)30-24(23)26-2)28-16-18-10-6-4-7-11-18/h3-13,20-25H,1,14-17H2,2H3/t20?,21-,22-,23?,24+/m0/s1. The van der Waals surface area contributed by atoms with E-state index in [1.807, 2.05) is 60.7 Å². The highest BCUT2D eigenvalue weighted by atomic mass is 16.7. The molecule has 1 aliphatic heterocycles. The van der Waals surface area contributed by atoms with Crippen LogP contribution < -0.4 is 0 Å². The van der Waals surface area contributed by atoms with Gasteiger partial charge in [0, 0.05) is 7.11 Å². The lowest BCUT2D eigenvalue weighted by Crippen LogP contribution is -2.61. The van der Waals surface area contributed by atoms with Gasteiger partial charge < -0.3 is 28.8 Å². The summed E-state index contributed by atoms with van der Waals surface area (Å²) in [5.41, 5.74) is 2.05. The molecule has 1 heterocycles. The van der Waals surface area contributed by atoms with Gasteiger partial charge in [0.15, 0.2) is 6.29 Å². The van der Waals surface area contributed by atoms with Gasteiger partial charge in [-0.05, 0) is 11.1 Å². The van der Waals surface area contributed by atoms with Gasteiger partial charge in [0.25, 0.3) is 0 Å². The van der Waals surface area contributed by atoms with Gasteiger partial charge in [-0.3, -0.25) is 0 Å². The largest absolute Gasteiger partial charge is 0.394 e. The van der Waals surface area contributed by atoms with E-state index >= 15 is 0 Å². The summed E-state index contributed by atoms with van der Waals surface area (Å²) < 4.78 is 29.9. The number of ether oxygens (including phenoxy) is 5. The predicted octanol–water partition coefficient (Wildman–Crippen LogP) is 3.09. The second kappa shape index (κ2) is 12.0. The van der Waals surface area contributed by atoms with Crippen molar-refractivity contribution in [1.29, 1.82) is 0 Å².